The summed E-state index contributed by atoms with van der Waals surface area (Å²) < 4.78 is 0. The summed E-state index contributed by atoms with van der Waals surface area (Å²) in [7, 11) is 0. The van der Waals surface area contributed by atoms with Gasteiger partial charge in [0.2, 0.25) is 0 Å². The van der Waals surface area contributed by atoms with E-state index in [1.54, 1.807) is 6.92 Å². The number of carbonyl (C=O) groups is 1. The monoisotopic (exact) mass is 219 g/mol. The zero-order valence-corrected chi connectivity index (χ0v) is 8.75. The molecular weight excluding hydrogens is 210 g/mol. The summed E-state index contributed by atoms with van der Waals surface area (Å²) >= 11 is 0. The second-order valence-electron chi connectivity index (χ2n) is 3.48. The summed E-state index contributed by atoms with van der Waals surface area (Å²) in [5, 5.41) is 0.204. The quantitative estimate of drug-likeness (QED) is 0.666. The molecule has 0 aromatic carbocycles. The number of carbonyl (C=O) groups excluding carboxylic acids is 1. The number of hydrogen-bond donors (Lipinski definition) is 2. The molecule has 2 rings (SSSR count). The maximum atomic E-state index is 11.5. The molecule has 0 saturated carbocycles. The average Bonchev–Trinajstić information content (AvgIpc) is 2.15. The number of aryl methyl sites for hydroxylation is 1. The molecule has 0 bridgehead atoms. The van der Waals surface area contributed by atoms with Crippen LogP contribution in [0.4, 0.5) is 0 Å². The molecule has 0 fully saturated rings. The number of fused-ring (bicyclic) bond motifs is 1. The highest BCUT2D eigenvalue weighted by Gasteiger charge is 2.10. The number of aromatic nitrogens is 3. The van der Waals surface area contributed by atoms with Gasteiger partial charge in [0.15, 0.2) is 5.78 Å². The molecule has 82 valence electrons. The highest BCUT2D eigenvalue weighted by atomic mass is 16.2. The second-order valence-corrected chi connectivity index (χ2v) is 3.48. The van der Waals surface area contributed by atoms with Crippen molar-refractivity contribution in [1.29, 1.82) is 0 Å². The van der Waals surface area contributed by atoms with Gasteiger partial charge >= 0.3 is 5.69 Å². The number of pyridine rings is 1. The van der Waals surface area contributed by atoms with Crippen LogP contribution >= 0.6 is 0 Å². The Hall–Kier alpha value is -2.24. The zero-order valence-electron chi connectivity index (χ0n) is 8.75. The number of H-pyrrole nitrogens is 2. The van der Waals surface area contributed by atoms with E-state index in [9.17, 15) is 14.4 Å². The van der Waals surface area contributed by atoms with Gasteiger partial charge in [0.25, 0.3) is 5.56 Å². The molecule has 0 saturated heterocycles. The van der Waals surface area contributed by atoms with Crippen molar-refractivity contribution in [2.75, 3.05) is 0 Å². The maximum Gasteiger partial charge on any atom is 0.327 e. The lowest BCUT2D eigenvalue weighted by Gasteiger charge is -2.02. The fourth-order valence-electron chi connectivity index (χ4n) is 1.54. The molecule has 0 aliphatic rings. The van der Waals surface area contributed by atoms with Crippen molar-refractivity contribution in [2.45, 2.75) is 13.8 Å². The largest absolute Gasteiger partial charge is 0.327 e. The number of rotatable bonds is 1. The molecule has 0 spiro atoms. The van der Waals surface area contributed by atoms with E-state index in [0.29, 0.717) is 11.3 Å². The normalized spacial score (nSPS) is 10.6. The SMILES string of the molecule is CC(=O)c1cc2c(=O)[nH]c(=O)[nH]c2nc1C. The van der Waals surface area contributed by atoms with Gasteiger partial charge in [0, 0.05) is 5.56 Å². The molecule has 2 N–H and O–H groups in total. The Kier molecular flexibility index (Phi) is 2.19. The third-order valence-corrected chi connectivity index (χ3v) is 2.30. The summed E-state index contributed by atoms with van der Waals surface area (Å²) in [6.45, 7) is 3.05. The summed E-state index contributed by atoms with van der Waals surface area (Å²) in [4.78, 5) is 42.2. The number of aromatic amines is 2. The van der Waals surface area contributed by atoms with Gasteiger partial charge in [-0.2, -0.15) is 0 Å². The third kappa shape index (κ3) is 1.54. The van der Waals surface area contributed by atoms with Gasteiger partial charge in [-0.3, -0.25) is 19.6 Å². The van der Waals surface area contributed by atoms with Gasteiger partial charge in [-0.05, 0) is 19.9 Å². The van der Waals surface area contributed by atoms with Gasteiger partial charge in [0.05, 0.1) is 11.1 Å². The van der Waals surface area contributed by atoms with Gasteiger partial charge < -0.3 is 0 Å². The molecule has 0 radical (unpaired) electrons. The minimum Gasteiger partial charge on any atom is -0.294 e. The number of Topliss-reactive ketones (excluding diaryl/α,β-unsaturated/α-hetero) is 1. The van der Waals surface area contributed by atoms with E-state index in [-0.39, 0.29) is 16.8 Å². The Balaban J connectivity index is 2.96. The first-order valence-electron chi connectivity index (χ1n) is 4.64. The molecule has 2 aromatic rings. The lowest BCUT2D eigenvalue weighted by molar-refractivity contribution is 0.101. The first-order valence-corrected chi connectivity index (χ1v) is 4.64. The van der Waals surface area contributed by atoms with Crippen LogP contribution in [0.5, 0.6) is 0 Å². The van der Waals surface area contributed by atoms with Crippen LogP contribution < -0.4 is 11.2 Å². The lowest BCUT2D eigenvalue weighted by Crippen LogP contribution is -2.23. The van der Waals surface area contributed by atoms with Gasteiger partial charge in [0.1, 0.15) is 5.65 Å². The van der Waals surface area contributed by atoms with Crippen LogP contribution in [0, 0.1) is 6.92 Å². The smallest absolute Gasteiger partial charge is 0.294 e. The summed E-state index contributed by atoms with van der Waals surface area (Å²) in [6.07, 6.45) is 0. The first kappa shape index (κ1) is 10.3. The van der Waals surface area contributed by atoms with Crippen molar-refractivity contribution in [2.24, 2.45) is 0 Å². The molecule has 2 heterocycles. The zero-order chi connectivity index (χ0) is 11.9. The van der Waals surface area contributed by atoms with Crippen LogP contribution in [0.1, 0.15) is 23.0 Å². The summed E-state index contributed by atoms with van der Waals surface area (Å²) in [5.74, 6) is -0.169. The van der Waals surface area contributed by atoms with E-state index >= 15 is 0 Å². The molecule has 0 aliphatic carbocycles. The minimum atomic E-state index is -0.611. The minimum absolute atomic E-state index is 0.169. The number of nitrogens with one attached hydrogen (secondary N) is 2. The molecule has 2 aromatic heterocycles. The van der Waals surface area contributed by atoms with E-state index < -0.39 is 11.2 Å². The number of hydrogen-bond acceptors (Lipinski definition) is 4. The lowest BCUT2D eigenvalue weighted by atomic mass is 10.1. The standard InChI is InChI=1S/C10H9N3O3/c1-4-6(5(2)14)3-7-8(11-4)12-10(16)13-9(7)15/h3H,1-2H3,(H2,11,12,13,15,16). The predicted molar refractivity (Wildman–Crippen MR) is 57.7 cm³/mol. The Morgan fingerprint density at radius 3 is 2.62 bits per heavy atom. The highest BCUT2D eigenvalue weighted by Crippen LogP contribution is 2.10. The van der Waals surface area contributed by atoms with Crippen molar-refractivity contribution < 1.29 is 4.79 Å². The van der Waals surface area contributed by atoms with Crippen LogP contribution in [0.25, 0.3) is 11.0 Å². The van der Waals surface area contributed by atoms with E-state index in [2.05, 4.69) is 15.0 Å². The van der Waals surface area contributed by atoms with Gasteiger partial charge in [-0.1, -0.05) is 0 Å². The van der Waals surface area contributed by atoms with Crippen molar-refractivity contribution in [3.8, 4) is 0 Å². The Bertz CT molecular complexity index is 697. The van der Waals surface area contributed by atoms with Crippen molar-refractivity contribution in [1.82, 2.24) is 15.0 Å². The highest BCUT2D eigenvalue weighted by molar-refractivity contribution is 5.97. The average molecular weight is 219 g/mol. The number of ketones is 1. The van der Waals surface area contributed by atoms with Gasteiger partial charge in [-0.25, -0.2) is 9.78 Å². The summed E-state index contributed by atoms with van der Waals surface area (Å²) in [5.41, 5.74) is -0.101. The maximum absolute atomic E-state index is 11.5. The van der Waals surface area contributed by atoms with Crippen LogP contribution in [-0.2, 0) is 0 Å². The van der Waals surface area contributed by atoms with Crippen molar-refractivity contribution >= 4 is 16.8 Å². The Morgan fingerprint density at radius 1 is 1.31 bits per heavy atom. The molecule has 0 aliphatic heterocycles. The first-order chi connectivity index (χ1) is 7.49. The second kappa shape index (κ2) is 3.41. The summed E-state index contributed by atoms with van der Waals surface area (Å²) in [6, 6.07) is 1.44. The third-order valence-electron chi connectivity index (χ3n) is 2.30. The molecule has 0 unspecified atom stereocenters. The molecule has 0 amide bonds. The Morgan fingerprint density at radius 2 is 2.00 bits per heavy atom. The fraction of sp³-hybridized carbons (Fsp3) is 0.200. The molecule has 16 heavy (non-hydrogen) atoms. The van der Waals surface area contributed by atoms with E-state index in [4.69, 9.17) is 0 Å². The van der Waals surface area contributed by atoms with Crippen LogP contribution in [0.3, 0.4) is 0 Å². The fourth-order valence-corrected chi connectivity index (χ4v) is 1.54. The molecule has 6 nitrogen and oxygen atoms in total. The van der Waals surface area contributed by atoms with E-state index in [1.807, 2.05) is 0 Å². The van der Waals surface area contributed by atoms with Crippen LogP contribution in [0.2, 0.25) is 0 Å². The molecule has 6 heteroatoms. The topological polar surface area (TPSA) is 95.7 Å². The van der Waals surface area contributed by atoms with Crippen molar-refractivity contribution in [3.63, 3.8) is 0 Å². The van der Waals surface area contributed by atoms with Gasteiger partial charge in [-0.15, -0.1) is 0 Å². The predicted octanol–water partition coefficient (Wildman–Crippen LogP) is 0.122. The van der Waals surface area contributed by atoms with E-state index in [1.165, 1.54) is 13.0 Å². The van der Waals surface area contributed by atoms with Crippen LogP contribution in [-0.4, -0.2) is 20.7 Å². The molecule has 0 atom stereocenters. The van der Waals surface area contributed by atoms with Crippen molar-refractivity contribution in [3.05, 3.63) is 38.2 Å². The molecular formula is C10H9N3O3. The Labute approximate surface area is 89.4 Å². The number of nitrogens with zero attached hydrogens (tertiary/aromatic N) is 1. The van der Waals surface area contributed by atoms with E-state index in [0.717, 1.165) is 0 Å². The van der Waals surface area contributed by atoms with Crippen LogP contribution in [0.15, 0.2) is 15.7 Å².